The van der Waals surface area contributed by atoms with Gasteiger partial charge in [0.2, 0.25) is 0 Å². The summed E-state index contributed by atoms with van der Waals surface area (Å²) in [6.07, 6.45) is 3.57. The van der Waals surface area contributed by atoms with Gasteiger partial charge in [0.25, 0.3) is 5.91 Å². The number of carbonyl (C=O) groups is 1. The first-order valence-corrected chi connectivity index (χ1v) is 6.44. The number of methoxy groups -OCH3 is 1. The van der Waals surface area contributed by atoms with Crippen LogP contribution in [0.25, 0.3) is 0 Å². The Morgan fingerprint density at radius 3 is 2.72 bits per heavy atom. The number of hydrogen-bond acceptors (Lipinski definition) is 3. The molecule has 5 heteroatoms. The van der Waals surface area contributed by atoms with E-state index in [1.807, 2.05) is 11.8 Å². The second-order valence-corrected chi connectivity index (χ2v) is 4.94. The minimum absolute atomic E-state index is 0.0398. The maximum Gasteiger partial charge on any atom is 0.256 e. The highest BCUT2D eigenvalue weighted by atomic mass is 35.5. The van der Waals surface area contributed by atoms with E-state index in [1.54, 1.807) is 19.4 Å². The molecule has 98 valence electrons. The molecule has 0 aliphatic carbocycles. The maximum absolute atomic E-state index is 12.3. The van der Waals surface area contributed by atoms with Crippen molar-refractivity contribution >= 4 is 17.5 Å². The Balaban J connectivity index is 2.08. The second kappa shape index (κ2) is 5.67. The first-order valence-electron chi connectivity index (χ1n) is 6.06. The number of rotatable bonds is 2. The molecule has 0 N–H and O–H groups in total. The molecule has 18 heavy (non-hydrogen) atoms. The van der Waals surface area contributed by atoms with Crippen LogP contribution in [0.1, 0.15) is 28.9 Å². The molecule has 1 saturated heterocycles. The molecule has 0 spiro atoms. The minimum atomic E-state index is -0.0398. The summed E-state index contributed by atoms with van der Waals surface area (Å²) in [5, 5.41) is 0.473. The van der Waals surface area contributed by atoms with E-state index in [-0.39, 0.29) is 12.0 Å². The predicted molar refractivity (Wildman–Crippen MR) is 69.9 cm³/mol. The van der Waals surface area contributed by atoms with Crippen molar-refractivity contribution in [1.29, 1.82) is 0 Å². The average molecular weight is 269 g/mol. The monoisotopic (exact) mass is 268 g/mol. The number of ether oxygens (including phenoxy) is 1. The van der Waals surface area contributed by atoms with Gasteiger partial charge in [-0.1, -0.05) is 11.6 Å². The van der Waals surface area contributed by atoms with E-state index in [0.29, 0.717) is 23.7 Å². The van der Waals surface area contributed by atoms with Gasteiger partial charge in [-0.3, -0.25) is 9.78 Å². The molecule has 0 radical (unpaired) electrons. The number of aryl methyl sites for hydroxylation is 1. The first kappa shape index (κ1) is 13.3. The molecule has 0 aromatic carbocycles. The van der Waals surface area contributed by atoms with Crippen LogP contribution in [0.5, 0.6) is 0 Å². The van der Waals surface area contributed by atoms with Gasteiger partial charge in [-0.05, 0) is 25.8 Å². The van der Waals surface area contributed by atoms with Gasteiger partial charge in [0, 0.05) is 32.1 Å². The molecule has 1 aliphatic rings. The molecule has 0 saturated carbocycles. The van der Waals surface area contributed by atoms with Crippen molar-refractivity contribution in [2.24, 2.45) is 0 Å². The molecule has 2 heterocycles. The minimum Gasteiger partial charge on any atom is -0.381 e. The van der Waals surface area contributed by atoms with Crippen LogP contribution >= 0.6 is 11.6 Å². The van der Waals surface area contributed by atoms with E-state index in [2.05, 4.69) is 4.98 Å². The summed E-state index contributed by atoms with van der Waals surface area (Å²) in [6, 6.07) is 1.72. The molecular formula is C13H17ClN2O2. The lowest BCUT2D eigenvalue weighted by molar-refractivity contribution is 0.0350. The van der Waals surface area contributed by atoms with E-state index in [1.165, 1.54) is 0 Å². The van der Waals surface area contributed by atoms with Crippen LogP contribution in [0.4, 0.5) is 0 Å². The highest BCUT2D eigenvalue weighted by Crippen LogP contribution is 2.20. The Hall–Kier alpha value is -1.13. The summed E-state index contributed by atoms with van der Waals surface area (Å²) in [4.78, 5) is 18.2. The van der Waals surface area contributed by atoms with Crippen molar-refractivity contribution in [2.45, 2.75) is 25.9 Å². The van der Waals surface area contributed by atoms with Crippen LogP contribution in [0.2, 0.25) is 5.02 Å². The van der Waals surface area contributed by atoms with Crippen molar-refractivity contribution < 1.29 is 9.53 Å². The number of pyridine rings is 1. The average Bonchev–Trinajstić information content (AvgIpc) is 2.38. The first-order chi connectivity index (χ1) is 8.61. The third-order valence-corrected chi connectivity index (χ3v) is 3.60. The van der Waals surface area contributed by atoms with Crippen molar-refractivity contribution in [1.82, 2.24) is 9.88 Å². The fourth-order valence-electron chi connectivity index (χ4n) is 2.15. The van der Waals surface area contributed by atoms with E-state index >= 15 is 0 Å². The lowest BCUT2D eigenvalue weighted by Gasteiger charge is -2.31. The zero-order valence-electron chi connectivity index (χ0n) is 10.6. The Morgan fingerprint density at radius 2 is 2.17 bits per heavy atom. The molecule has 1 fully saturated rings. The van der Waals surface area contributed by atoms with Crippen molar-refractivity contribution in [3.05, 3.63) is 28.5 Å². The van der Waals surface area contributed by atoms with Crippen LogP contribution in [0.15, 0.2) is 12.3 Å². The van der Waals surface area contributed by atoms with Gasteiger partial charge in [0.15, 0.2) is 0 Å². The fourth-order valence-corrected chi connectivity index (χ4v) is 2.44. The topological polar surface area (TPSA) is 42.4 Å². The molecule has 0 bridgehead atoms. The lowest BCUT2D eigenvalue weighted by Crippen LogP contribution is -2.40. The highest BCUT2D eigenvalue weighted by molar-refractivity contribution is 6.33. The van der Waals surface area contributed by atoms with E-state index in [4.69, 9.17) is 16.3 Å². The van der Waals surface area contributed by atoms with Crippen LogP contribution in [-0.2, 0) is 4.74 Å². The molecule has 0 unspecified atom stereocenters. The smallest absolute Gasteiger partial charge is 0.256 e. The number of hydrogen-bond donors (Lipinski definition) is 0. The molecule has 0 atom stereocenters. The number of carbonyl (C=O) groups excluding carboxylic acids is 1. The molecule has 1 aromatic heterocycles. The predicted octanol–water partition coefficient (Wildman–Crippen LogP) is 2.29. The van der Waals surface area contributed by atoms with E-state index < -0.39 is 0 Å². The van der Waals surface area contributed by atoms with Gasteiger partial charge >= 0.3 is 0 Å². The third kappa shape index (κ3) is 2.82. The number of likely N-dealkylation sites (tertiary alicyclic amines) is 1. The van der Waals surface area contributed by atoms with Crippen LogP contribution in [0, 0.1) is 6.92 Å². The quantitative estimate of drug-likeness (QED) is 0.827. The molecule has 4 nitrogen and oxygen atoms in total. The lowest BCUT2D eigenvalue weighted by atomic mass is 10.1. The molecule has 1 amide bonds. The molecule has 2 rings (SSSR count). The van der Waals surface area contributed by atoms with Crippen LogP contribution < -0.4 is 0 Å². The number of aromatic nitrogens is 1. The molecule has 1 aromatic rings. The van der Waals surface area contributed by atoms with Gasteiger partial charge in [0.1, 0.15) is 0 Å². The van der Waals surface area contributed by atoms with Gasteiger partial charge in [0.05, 0.1) is 16.7 Å². The van der Waals surface area contributed by atoms with E-state index in [0.717, 1.165) is 18.5 Å². The Labute approximate surface area is 112 Å². The number of nitrogens with zero attached hydrogens (tertiary/aromatic N) is 2. The molecule has 1 aliphatic heterocycles. The summed E-state index contributed by atoms with van der Waals surface area (Å²) in [7, 11) is 1.71. The number of amides is 1. The van der Waals surface area contributed by atoms with Gasteiger partial charge < -0.3 is 9.64 Å². The highest BCUT2D eigenvalue weighted by Gasteiger charge is 2.24. The normalized spacial score (nSPS) is 16.9. The largest absolute Gasteiger partial charge is 0.381 e. The zero-order chi connectivity index (χ0) is 13.1. The molecular weight excluding hydrogens is 252 g/mol. The van der Waals surface area contributed by atoms with Crippen molar-refractivity contribution in [3.63, 3.8) is 0 Å². The van der Waals surface area contributed by atoms with E-state index in [9.17, 15) is 4.79 Å². The standard InChI is InChI=1S/C13H17ClN2O2/c1-9-7-12(14)11(8-15-9)13(17)16-5-3-10(18-2)4-6-16/h7-8,10H,3-6H2,1-2H3. The van der Waals surface area contributed by atoms with Gasteiger partial charge in [-0.15, -0.1) is 0 Å². The van der Waals surface area contributed by atoms with Gasteiger partial charge in [-0.25, -0.2) is 0 Å². The van der Waals surface area contributed by atoms with Gasteiger partial charge in [-0.2, -0.15) is 0 Å². The number of piperidine rings is 1. The summed E-state index contributed by atoms with van der Waals surface area (Å²) in [6.45, 7) is 3.27. The second-order valence-electron chi connectivity index (χ2n) is 4.53. The Morgan fingerprint density at radius 1 is 1.50 bits per heavy atom. The zero-order valence-corrected chi connectivity index (χ0v) is 11.4. The van der Waals surface area contributed by atoms with Crippen LogP contribution in [0.3, 0.4) is 0 Å². The fraction of sp³-hybridized carbons (Fsp3) is 0.538. The SMILES string of the molecule is COC1CCN(C(=O)c2cnc(C)cc2Cl)CC1. The summed E-state index contributed by atoms with van der Waals surface area (Å²) >= 11 is 6.09. The Kier molecular flexibility index (Phi) is 4.19. The summed E-state index contributed by atoms with van der Waals surface area (Å²) in [5.74, 6) is -0.0398. The van der Waals surface area contributed by atoms with Crippen molar-refractivity contribution in [2.75, 3.05) is 20.2 Å². The Bertz CT molecular complexity index is 443. The van der Waals surface area contributed by atoms with Crippen LogP contribution in [-0.4, -0.2) is 42.1 Å². The maximum atomic E-state index is 12.3. The van der Waals surface area contributed by atoms with Crippen molar-refractivity contribution in [3.8, 4) is 0 Å². The summed E-state index contributed by atoms with van der Waals surface area (Å²) in [5.41, 5.74) is 1.30. The summed E-state index contributed by atoms with van der Waals surface area (Å²) < 4.78 is 5.29. The number of halogens is 1. The third-order valence-electron chi connectivity index (χ3n) is 3.28.